The van der Waals surface area contributed by atoms with Crippen LogP contribution in [0, 0.1) is 0 Å². The smallest absolute Gasteiger partial charge is 0.0786 e. The van der Waals surface area contributed by atoms with Gasteiger partial charge >= 0.3 is 0 Å². The zero-order valence-electron chi connectivity index (χ0n) is 15.8. The molecule has 0 fully saturated rings. The van der Waals surface area contributed by atoms with E-state index in [1.54, 1.807) is 0 Å². The van der Waals surface area contributed by atoms with Crippen LogP contribution in [0.5, 0.6) is 0 Å². The van der Waals surface area contributed by atoms with Gasteiger partial charge in [0.2, 0.25) is 0 Å². The summed E-state index contributed by atoms with van der Waals surface area (Å²) >= 11 is 0. The van der Waals surface area contributed by atoms with Gasteiger partial charge in [-0.25, -0.2) is 0 Å². The largest absolute Gasteiger partial charge is 0.854 e. The molecule has 0 aromatic heterocycles. The molecular weight excluding hydrogens is 258 g/mol. The number of unbranched alkanes of at least 4 members (excludes halogenated alkanes) is 4. The summed E-state index contributed by atoms with van der Waals surface area (Å²) in [5, 5.41) is 9.30. The van der Waals surface area contributed by atoms with Crippen LogP contribution in [0.15, 0.2) is 0 Å². The Morgan fingerprint density at radius 1 is 0.524 bits per heavy atom. The molecule has 0 saturated carbocycles. The van der Waals surface area contributed by atoms with E-state index in [1.807, 2.05) is 6.92 Å². The maximum absolute atomic E-state index is 9.30. The predicted octanol–water partition coefficient (Wildman–Crippen LogP) is 4.76. The van der Waals surface area contributed by atoms with Crippen molar-refractivity contribution in [3.8, 4) is 0 Å². The van der Waals surface area contributed by atoms with E-state index in [0.29, 0.717) is 0 Å². The molecule has 0 saturated heterocycles. The van der Waals surface area contributed by atoms with E-state index in [4.69, 9.17) is 0 Å². The van der Waals surface area contributed by atoms with Crippen molar-refractivity contribution in [2.24, 2.45) is 0 Å². The van der Waals surface area contributed by atoms with E-state index >= 15 is 0 Å². The van der Waals surface area contributed by atoms with E-state index in [9.17, 15) is 5.11 Å². The van der Waals surface area contributed by atoms with E-state index in [1.165, 1.54) is 82.0 Å². The molecule has 0 atom stereocenters. The number of hydrogen-bond acceptors (Lipinski definition) is 1. The monoisotopic (exact) mass is 301 g/mol. The Kier molecular flexibility index (Phi) is 19.8. The second kappa shape index (κ2) is 18.0. The topological polar surface area (TPSA) is 23.1 Å². The van der Waals surface area contributed by atoms with Gasteiger partial charge in [-0.15, -0.1) is 6.61 Å². The molecule has 0 N–H and O–H groups in total. The maximum atomic E-state index is 9.30. The summed E-state index contributed by atoms with van der Waals surface area (Å²) in [6.07, 6.45) is 11.8. The Morgan fingerprint density at radius 3 is 0.905 bits per heavy atom. The van der Waals surface area contributed by atoms with Crippen molar-refractivity contribution in [2.75, 3.05) is 32.8 Å². The summed E-state index contributed by atoms with van der Waals surface area (Å²) in [4.78, 5) is 0. The van der Waals surface area contributed by atoms with Gasteiger partial charge in [-0.05, 0) is 25.7 Å². The van der Waals surface area contributed by atoms with Gasteiger partial charge in [0.25, 0.3) is 0 Å². The SMILES string of the molecule is CCCC[N+](CCCC)(CCCC)CCCC.CCC[O-]. The molecular formula is C19H43NO. The van der Waals surface area contributed by atoms with Gasteiger partial charge < -0.3 is 9.59 Å². The molecule has 0 unspecified atom stereocenters. The summed E-state index contributed by atoms with van der Waals surface area (Å²) in [7, 11) is 0. The van der Waals surface area contributed by atoms with Crippen molar-refractivity contribution < 1.29 is 9.59 Å². The van der Waals surface area contributed by atoms with E-state index in [-0.39, 0.29) is 6.61 Å². The van der Waals surface area contributed by atoms with Crippen molar-refractivity contribution in [1.29, 1.82) is 0 Å². The van der Waals surface area contributed by atoms with Crippen molar-refractivity contribution in [3.63, 3.8) is 0 Å². The van der Waals surface area contributed by atoms with Gasteiger partial charge in [0.15, 0.2) is 0 Å². The summed E-state index contributed by atoms with van der Waals surface area (Å²) in [5.74, 6) is 0. The van der Waals surface area contributed by atoms with Crippen LogP contribution in [0.3, 0.4) is 0 Å². The van der Waals surface area contributed by atoms with Crippen LogP contribution in [0.2, 0.25) is 0 Å². The van der Waals surface area contributed by atoms with Crippen LogP contribution in [0.1, 0.15) is 92.4 Å². The number of quaternary nitrogens is 1. The molecule has 2 nitrogen and oxygen atoms in total. The lowest BCUT2D eigenvalue weighted by molar-refractivity contribution is -0.929. The van der Waals surface area contributed by atoms with E-state index in [0.717, 1.165) is 6.42 Å². The standard InChI is InChI=1S/C16H36N.C3H7O/c1-5-9-13-17(14-10-6-2,15-11-7-3)16-12-8-4;1-2-3-4/h5-16H2,1-4H3;2-3H2,1H3/q+1;-1. The summed E-state index contributed by atoms with van der Waals surface area (Å²) in [6, 6.07) is 0. The number of hydrogen-bond donors (Lipinski definition) is 0. The maximum Gasteiger partial charge on any atom is 0.0786 e. The Morgan fingerprint density at radius 2 is 0.762 bits per heavy atom. The first-order valence-corrected chi connectivity index (χ1v) is 9.59. The minimum absolute atomic E-state index is 0.0694. The van der Waals surface area contributed by atoms with Gasteiger partial charge in [-0.3, -0.25) is 0 Å². The zero-order valence-corrected chi connectivity index (χ0v) is 15.8. The molecule has 2 heteroatoms. The third-order valence-electron chi connectivity index (χ3n) is 4.15. The Hall–Kier alpha value is -0.0800. The summed E-state index contributed by atoms with van der Waals surface area (Å²) in [6.45, 7) is 17.0. The second-order valence-corrected chi connectivity index (χ2v) is 6.35. The fraction of sp³-hybridized carbons (Fsp3) is 1.00. The van der Waals surface area contributed by atoms with Crippen LogP contribution in [-0.2, 0) is 0 Å². The minimum Gasteiger partial charge on any atom is -0.854 e. The number of rotatable bonds is 13. The third-order valence-corrected chi connectivity index (χ3v) is 4.15. The normalized spacial score (nSPS) is 11.1. The average molecular weight is 302 g/mol. The molecule has 0 aliphatic carbocycles. The molecule has 0 aromatic carbocycles. The quantitative estimate of drug-likeness (QED) is 0.450. The molecule has 0 aliphatic heterocycles. The molecule has 130 valence electrons. The van der Waals surface area contributed by atoms with Crippen LogP contribution in [0.4, 0.5) is 0 Å². The Balaban J connectivity index is 0. The van der Waals surface area contributed by atoms with Crippen molar-refractivity contribution in [1.82, 2.24) is 0 Å². The van der Waals surface area contributed by atoms with Crippen molar-refractivity contribution in [3.05, 3.63) is 0 Å². The van der Waals surface area contributed by atoms with Gasteiger partial charge in [0, 0.05) is 0 Å². The van der Waals surface area contributed by atoms with Gasteiger partial charge in [0.05, 0.1) is 26.2 Å². The summed E-state index contributed by atoms with van der Waals surface area (Å²) < 4.78 is 1.42. The lowest BCUT2D eigenvalue weighted by Crippen LogP contribution is -2.50. The van der Waals surface area contributed by atoms with Gasteiger partial charge in [0.1, 0.15) is 0 Å². The Labute approximate surface area is 135 Å². The molecule has 0 rings (SSSR count). The molecule has 0 radical (unpaired) electrons. The molecule has 0 amide bonds. The first kappa shape index (κ1) is 23.2. The van der Waals surface area contributed by atoms with Gasteiger partial charge in [-0.2, -0.15) is 0 Å². The van der Waals surface area contributed by atoms with Crippen LogP contribution in [-0.4, -0.2) is 37.3 Å². The molecule has 0 aliphatic rings. The average Bonchev–Trinajstić information content (AvgIpc) is 2.53. The van der Waals surface area contributed by atoms with E-state index < -0.39 is 0 Å². The highest BCUT2D eigenvalue weighted by atomic mass is 16.2. The second-order valence-electron chi connectivity index (χ2n) is 6.35. The van der Waals surface area contributed by atoms with Gasteiger partial charge in [-0.1, -0.05) is 66.7 Å². The molecule has 0 aromatic rings. The lowest BCUT2D eigenvalue weighted by Gasteiger charge is -2.39. The predicted molar refractivity (Wildman–Crippen MR) is 94.5 cm³/mol. The summed E-state index contributed by atoms with van der Waals surface area (Å²) in [5.41, 5.74) is 0. The highest BCUT2D eigenvalue weighted by Crippen LogP contribution is 2.16. The molecule has 0 heterocycles. The highest BCUT2D eigenvalue weighted by molar-refractivity contribution is 4.49. The van der Waals surface area contributed by atoms with Crippen LogP contribution < -0.4 is 5.11 Å². The molecule has 21 heavy (non-hydrogen) atoms. The molecule has 0 spiro atoms. The molecule has 0 bridgehead atoms. The fourth-order valence-electron chi connectivity index (χ4n) is 2.64. The van der Waals surface area contributed by atoms with Crippen LogP contribution in [0.25, 0.3) is 0 Å². The first-order chi connectivity index (χ1) is 10.2. The van der Waals surface area contributed by atoms with Crippen molar-refractivity contribution in [2.45, 2.75) is 92.4 Å². The van der Waals surface area contributed by atoms with Crippen LogP contribution >= 0.6 is 0 Å². The third kappa shape index (κ3) is 14.6. The van der Waals surface area contributed by atoms with E-state index in [2.05, 4.69) is 27.7 Å². The lowest BCUT2D eigenvalue weighted by atomic mass is 10.1. The first-order valence-electron chi connectivity index (χ1n) is 9.59. The zero-order chi connectivity index (χ0) is 16.4. The van der Waals surface area contributed by atoms with Crippen molar-refractivity contribution >= 4 is 0 Å². The Bertz CT molecular complexity index is 143. The number of nitrogens with zero attached hydrogens (tertiary/aromatic N) is 1. The highest BCUT2D eigenvalue weighted by Gasteiger charge is 2.24. The fourth-order valence-corrected chi connectivity index (χ4v) is 2.64. The minimum atomic E-state index is 0.0694.